The van der Waals surface area contributed by atoms with Gasteiger partial charge in [0.2, 0.25) is 0 Å². The Hall–Kier alpha value is -2.41. The second-order valence-corrected chi connectivity index (χ2v) is 5.23. The summed E-state index contributed by atoms with van der Waals surface area (Å²) < 4.78 is 43.9. The lowest BCUT2D eigenvalue weighted by Crippen LogP contribution is -2.34. The van der Waals surface area contributed by atoms with Gasteiger partial charge in [0.25, 0.3) is 5.91 Å². The van der Waals surface area contributed by atoms with Crippen LogP contribution in [0.3, 0.4) is 0 Å². The lowest BCUT2D eigenvalue weighted by molar-refractivity contribution is -0.137. The first-order chi connectivity index (χ1) is 11.3. The van der Waals surface area contributed by atoms with Crippen molar-refractivity contribution in [1.29, 1.82) is 0 Å². The van der Waals surface area contributed by atoms with Gasteiger partial charge in [-0.3, -0.25) is 9.78 Å². The Morgan fingerprint density at radius 2 is 2.00 bits per heavy atom. The van der Waals surface area contributed by atoms with E-state index in [0.717, 1.165) is 12.1 Å². The van der Waals surface area contributed by atoms with Gasteiger partial charge in [0.1, 0.15) is 5.69 Å². The van der Waals surface area contributed by atoms with Gasteiger partial charge in [0.05, 0.1) is 18.2 Å². The molecule has 1 amide bonds. The van der Waals surface area contributed by atoms with Gasteiger partial charge in [-0.05, 0) is 29.8 Å². The van der Waals surface area contributed by atoms with Crippen LogP contribution in [0.4, 0.5) is 13.2 Å². The SMILES string of the molecule is COC[C@H](c1cccc(C(F)(F)F)c1)N(C)C(=O)c1ccccn1. The highest BCUT2D eigenvalue weighted by Gasteiger charge is 2.32. The van der Waals surface area contributed by atoms with Crippen molar-refractivity contribution in [2.45, 2.75) is 12.2 Å². The molecule has 24 heavy (non-hydrogen) atoms. The largest absolute Gasteiger partial charge is 0.416 e. The molecule has 1 aromatic heterocycles. The topological polar surface area (TPSA) is 42.4 Å². The van der Waals surface area contributed by atoms with Gasteiger partial charge in [0.15, 0.2) is 0 Å². The standard InChI is InChI=1S/C17H17F3N2O2/c1-22(16(23)14-8-3-4-9-21-14)15(11-24-2)12-6-5-7-13(10-12)17(18,19)20/h3-10,15H,11H2,1-2H3/t15-/m1/s1. The van der Waals surface area contributed by atoms with Crippen molar-refractivity contribution < 1.29 is 22.7 Å². The van der Waals surface area contributed by atoms with E-state index in [4.69, 9.17) is 4.74 Å². The van der Waals surface area contributed by atoms with Crippen molar-refractivity contribution in [2.75, 3.05) is 20.8 Å². The fourth-order valence-electron chi connectivity index (χ4n) is 2.32. The van der Waals surface area contributed by atoms with E-state index in [1.807, 2.05) is 0 Å². The molecule has 128 valence electrons. The van der Waals surface area contributed by atoms with Crippen LogP contribution in [0.15, 0.2) is 48.7 Å². The zero-order valence-corrected chi connectivity index (χ0v) is 13.2. The maximum Gasteiger partial charge on any atom is 0.416 e. The molecule has 7 heteroatoms. The first-order valence-corrected chi connectivity index (χ1v) is 7.19. The van der Waals surface area contributed by atoms with Gasteiger partial charge in [0, 0.05) is 20.4 Å². The summed E-state index contributed by atoms with van der Waals surface area (Å²) in [4.78, 5) is 17.8. The summed E-state index contributed by atoms with van der Waals surface area (Å²) in [5, 5.41) is 0. The Kier molecular flexibility index (Phi) is 5.56. The van der Waals surface area contributed by atoms with Crippen LogP contribution in [0, 0.1) is 0 Å². The number of likely N-dealkylation sites (N-methyl/N-ethyl adjacent to an activating group) is 1. The fraction of sp³-hybridized carbons (Fsp3) is 0.294. The minimum atomic E-state index is -4.45. The molecule has 0 bridgehead atoms. The number of nitrogens with zero attached hydrogens (tertiary/aromatic N) is 2. The third kappa shape index (κ3) is 4.11. The molecule has 0 fully saturated rings. The van der Waals surface area contributed by atoms with Gasteiger partial charge in [-0.2, -0.15) is 13.2 Å². The van der Waals surface area contributed by atoms with E-state index in [1.54, 1.807) is 24.3 Å². The number of halogens is 3. The zero-order chi connectivity index (χ0) is 17.7. The Labute approximate surface area is 137 Å². The van der Waals surface area contributed by atoms with E-state index >= 15 is 0 Å². The third-order valence-electron chi connectivity index (χ3n) is 3.60. The number of pyridine rings is 1. The van der Waals surface area contributed by atoms with Gasteiger partial charge in [-0.25, -0.2) is 0 Å². The fourth-order valence-corrected chi connectivity index (χ4v) is 2.32. The molecule has 0 aliphatic heterocycles. The average Bonchev–Trinajstić information content (AvgIpc) is 2.58. The molecule has 0 unspecified atom stereocenters. The lowest BCUT2D eigenvalue weighted by Gasteiger charge is -2.28. The molecular weight excluding hydrogens is 321 g/mol. The quantitative estimate of drug-likeness (QED) is 0.837. The smallest absolute Gasteiger partial charge is 0.382 e. The number of hydrogen-bond donors (Lipinski definition) is 0. The molecule has 0 saturated heterocycles. The second-order valence-electron chi connectivity index (χ2n) is 5.23. The molecule has 0 N–H and O–H groups in total. The minimum Gasteiger partial charge on any atom is -0.382 e. The van der Waals surface area contributed by atoms with Crippen LogP contribution in [0.1, 0.15) is 27.7 Å². The molecule has 0 aliphatic carbocycles. The molecule has 1 aromatic carbocycles. The molecule has 2 rings (SSSR count). The number of ether oxygens (including phenoxy) is 1. The number of carbonyl (C=O) groups is 1. The minimum absolute atomic E-state index is 0.0659. The highest BCUT2D eigenvalue weighted by molar-refractivity contribution is 5.92. The summed E-state index contributed by atoms with van der Waals surface area (Å²) in [6.45, 7) is 0.0659. The normalized spacial score (nSPS) is 12.7. The third-order valence-corrected chi connectivity index (χ3v) is 3.60. The van der Waals surface area contributed by atoms with E-state index in [9.17, 15) is 18.0 Å². The zero-order valence-electron chi connectivity index (χ0n) is 13.2. The van der Waals surface area contributed by atoms with Crippen LogP contribution in [0.2, 0.25) is 0 Å². The van der Waals surface area contributed by atoms with Crippen LogP contribution in [0.5, 0.6) is 0 Å². The van der Waals surface area contributed by atoms with Crippen molar-refractivity contribution in [2.24, 2.45) is 0 Å². The Morgan fingerprint density at radius 3 is 2.58 bits per heavy atom. The first-order valence-electron chi connectivity index (χ1n) is 7.19. The number of methoxy groups -OCH3 is 1. The average molecular weight is 338 g/mol. The van der Waals surface area contributed by atoms with Crippen molar-refractivity contribution in [3.05, 3.63) is 65.5 Å². The maximum atomic E-state index is 12.9. The first kappa shape index (κ1) is 17.9. The summed E-state index contributed by atoms with van der Waals surface area (Å²) >= 11 is 0. The molecule has 0 saturated carbocycles. The number of amides is 1. The molecule has 1 heterocycles. The van der Waals surface area contributed by atoms with Crippen LogP contribution in [-0.4, -0.2) is 36.6 Å². The van der Waals surface area contributed by atoms with Gasteiger partial charge < -0.3 is 9.64 Å². The van der Waals surface area contributed by atoms with E-state index < -0.39 is 23.7 Å². The van der Waals surface area contributed by atoms with Crippen LogP contribution in [-0.2, 0) is 10.9 Å². The predicted molar refractivity (Wildman–Crippen MR) is 82.4 cm³/mol. The highest BCUT2D eigenvalue weighted by Crippen LogP contribution is 2.32. The van der Waals surface area contributed by atoms with Gasteiger partial charge in [-0.1, -0.05) is 18.2 Å². The van der Waals surface area contributed by atoms with Crippen LogP contribution in [0.25, 0.3) is 0 Å². The van der Waals surface area contributed by atoms with Gasteiger partial charge in [-0.15, -0.1) is 0 Å². The van der Waals surface area contributed by atoms with E-state index in [1.165, 1.54) is 31.3 Å². The predicted octanol–water partition coefficient (Wildman–Crippen LogP) is 3.56. The van der Waals surface area contributed by atoms with E-state index in [2.05, 4.69) is 4.98 Å². The van der Waals surface area contributed by atoms with Gasteiger partial charge >= 0.3 is 6.18 Å². The summed E-state index contributed by atoms with van der Waals surface area (Å²) in [5.74, 6) is -0.393. The molecule has 0 spiro atoms. The molecule has 1 atom stereocenters. The van der Waals surface area contributed by atoms with Crippen LogP contribution < -0.4 is 0 Å². The summed E-state index contributed by atoms with van der Waals surface area (Å²) in [6, 6.07) is 9.13. The van der Waals surface area contributed by atoms with Crippen molar-refractivity contribution >= 4 is 5.91 Å². The molecule has 0 aliphatic rings. The van der Waals surface area contributed by atoms with Crippen molar-refractivity contribution in [1.82, 2.24) is 9.88 Å². The number of hydrogen-bond acceptors (Lipinski definition) is 3. The Bertz CT molecular complexity index is 690. The summed E-state index contributed by atoms with van der Waals surface area (Å²) in [5.41, 5.74) is -0.202. The maximum absolute atomic E-state index is 12.9. The number of benzene rings is 1. The summed E-state index contributed by atoms with van der Waals surface area (Å²) in [7, 11) is 2.95. The summed E-state index contributed by atoms with van der Waals surface area (Å²) in [6.07, 6.45) is -2.96. The highest BCUT2D eigenvalue weighted by atomic mass is 19.4. The number of carbonyl (C=O) groups excluding carboxylic acids is 1. The number of rotatable bonds is 5. The second kappa shape index (κ2) is 7.44. The lowest BCUT2D eigenvalue weighted by atomic mass is 10.0. The number of alkyl halides is 3. The molecule has 2 aromatic rings. The number of aromatic nitrogens is 1. The van der Waals surface area contributed by atoms with Crippen LogP contribution >= 0.6 is 0 Å². The molecule has 0 radical (unpaired) electrons. The molecular formula is C17H17F3N2O2. The Morgan fingerprint density at radius 1 is 1.25 bits per heavy atom. The van der Waals surface area contributed by atoms with E-state index in [0.29, 0.717) is 5.56 Å². The van der Waals surface area contributed by atoms with Crippen molar-refractivity contribution in [3.8, 4) is 0 Å². The monoisotopic (exact) mass is 338 g/mol. The van der Waals surface area contributed by atoms with E-state index in [-0.39, 0.29) is 12.3 Å². The Balaban J connectivity index is 2.34. The van der Waals surface area contributed by atoms with Crippen molar-refractivity contribution in [3.63, 3.8) is 0 Å². The molecule has 4 nitrogen and oxygen atoms in total.